The first-order valence-electron chi connectivity index (χ1n) is 7.59. The lowest BCUT2D eigenvalue weighted by atomic mass is 10.1. The summed E-state index contributed by atoms with van der Waals surface area (Å²) in [5, 5.41) is 0.697. The lowest BCUT2D eigenvalue weighted by Crippen LogP contribution is -1.95. The summed E-state index contributed by atoms with van der Waals surface area (Å²) >= 11 is 6.00. The molecule has 0 saturated heterocycles. The molecule has 0 aliphatic heterocycles. The van der Waals surface area contributed by atoms with Gasteiger partial charge in [-0.3, -0.25) is 0 Å². The maximum atomic E-state index is 6.09. The van der Waals surface area contributed by atoms with Gasteiger partial charge in [0.1, 0.15) is 17.3 Å². The second-order valence-electron chi connectivity index (χ2n) is 5.20. The molecule has 0 spiro atoms. The maximum absolute atomic E-state index is 6.09. The number of hydrogen-bond acceptors (Lipinski definition) is 2. The Bertz CT molecular complexity index is 807. The fourth-order valence-electron chi connectivity index (χ4n) is 2.25. The highest BCUT2D eigenvalue weighted by atomic mass is 35.5. The molecule has 0 N–H and O–H groups in total. The number of methoxy groups -OCH3 is 1. The fourth-order valence-corrected chi connectivity index (χ4v) is 2.38. The van der Waals surface area contributed by atoms with Crippen LogP contribution < -0.4 is 9.47 Å². The van der Waals surface area contributed by atoms with Crippen molar-refractivity contribution in [2.45, 2.75) is 0 Å². The van der Waals surface area contributed by atoms with Crippen molar-refractivity contribution in [3.8, 4) is 11.5 Å². The lowest BCUT2D eigenvalue weighted by Gasteiger charge is -2.11. The van der Waals surface area contributed by atoms with Gasteiger partial charge in [-0.2, -0.15) is 0 Å². The third-order valence-electron chi connectivity index (χ3n) is 3.51. The average Bonchev–Trinajstić information content (AvgIpc) is 2.63. The Morgan fingerprint density at radius 2 is 1.46 bits per heavy atom. The van der Waals surface area contributed by atoms with Crippen LogP contribution in [-0.2, 0) is 0 Å². The number of rotatable bonds is 5. The van der Waals surface area contributed by atoms with Gasteiger partial charge in [-0.25, -0.2) is 0 Å². The zero-order valence-electron chi connectivity index (χ0n) is 13.3. The molecule has 3 aromatic rings. The van der Waals surface area contributed by atoms with Gasteiger partial charge in [0.15, 0.2) is 0 Å². The summed E-state index contributed by atoms with van der Waals surface area (Å²) in [7, 11) is 1.66. The lowest BCUT2D eigenvalue weighted by molar-refractivity contribution is 0.415. The van der Waals surface area contributed by atoms with Crippen LogP contribution >= 0.6 is 11.6 Å². The molecule has 3 heteroatoms. The van der Waals surface area contributed by atoms with Crippen molar-refractivity contribution < 1.29 is 9.47 Å². The number of benzene rings is 3. The van der Waals surface area contributed by atoms with Crippen LogP contribution in [0.1, 0.15) is 11.1 Å². The highest BCUT2D eigenvalue weighted by Gasteiger charge is 2.06. The Kier molecular flexibility index (Phi) is 5.19. The van der Waals surface area contributed by atoms with Gasteiger partial charge >= 0.3 is 0 Å². The van der Waals surface area contributed by atoms with Gasteiger partial charge in [-0.05, 0) is 60.2 Å². The number of halogens is 1. The molecule has 0 amide bonds. The van der Waals surface area contributed by atoms with Crippen LogP contribution in [0, 0.1) is 0 Å². The molecule has 3 aromatic carbocycles. The molecule has 0 unspecified atom stereocenters. The molecule has 0 aliphatic carbocycles. The molecular weight excluding hydrogens is 320 g/mol. The van der Waals surface area contributed by atoms with Gasteiger partial charge in [0, 0.05) is 10.6 Å². The monoisotopic (exact) mass is 336 g/mol. The van der Waals surface area contributed by atoms with E-state index < -0.39 is 0 Å². The van der Waals surface area contributed by atoms with E-state index in [1.165, 1.54) is 0 Å². The summed E-state index contributed by atoms with van der Waals surface area (Å²) in [5.41, 5.74) is 1.98. The van der Waals surface area contributed by atoms with E-state index in [4.69, 9.17) is 21.1 Å². The predicted molar refractivity (Wildman–Crippen MR) is 99.4 cm³/mol. The Labute approximate surface area is 146 Å². The van der Waals surface area contributed by atoms with E-state index in [1.54, 1.807) is 7.11 Å². The topological polar surface area (TPSA) is 18.5 Å². The van der Waals surface area contributed by atoms with Gasteiger partial charge < -0.3 is 9.47 Å². The second-order valence-corrected chi connectivity index (χ2v) is 5.64. The second kappa shape index (κ2) is 7.71. The Hall–Kier alpha value is -2.71. The van der Waals surface area contributed by atoms with Crippen LogP contribution in [0.25, 0.3) is 11.8 Å². The Balaban J connectivity index is 1.96. The molecule has 24 heavy (non-hydrogen) atoms. The summed E-state index contributed by atoms with van der Waals surface area (Å²) < 4.78 is 11.3. The van der Waals surface area contributed by atoms with Gasteiger partial charge in [0.25, 0.3) is 0 Å². The first kappa shape index (κ1) is 16.2. The summed E-state index contributed by atoms with van der Waals surface area (Å²) in [6.07, 6.45) is 2.00. The van der Waals surface area contributed by atoms with Gasteiger partial charge in [-0.1, -0.05) is 41.9 Å². The molecule has 0 fully saturated rings. The quantitative estimate of drug-likeness (QED) is 0.425. The minimum absolute atomic E-state index is 0.697. The van der Waals surface area contributed by atoms with Gasteiger partial charge in [0.05, 0.1) is 7.11 Å². The van der Waals surface area contributed by atoms with Crippen LogP contribution in [0.5, 0.6) is 11.5 Å². The first-order chi connectivity index (χ1) is 11.7. The van der Waals surface area contributed by atoms with E-state index >= 15 is 0 Å². The Morgan fingerprint density at radius 3 is 2.08 bits per heavy atom. The van der Waals surface area contributed by atoms with E-state index in [9.17, 15) is 0 Å². The number of para-hydroxylation sites is 1. The van der Waals surface area contributed by atoms with Crippen molar-refractivity contribution in [3.63, 3.8) is 0 Å². The molecule has 0 aliphatic rings. The van der Waals surface area contributed by atoms with Crippen LogP contribution in [0.4, 0.5) is 0 Å². The van der Waals surface area contributed by atoms with E-state index in [0.717, 1.165) is 28.4 Å². The summed E-state index contributed by atoms with van der Waals surface area (Å²) in [6.45, 7) is 0. The highest BCUT2D eigenvalue weighted by Crippen LogP contribution is 2.25. The average molecular weight is 337 g/mol. The van der Waals surface area contributed by atoms with E-state index in [2.05, 4.69) is 0 Å². The van der Waals surface area contributed by atoms with Crippen molar-refractivity contribution >= 4 is 23.4 Å². The third-order valence-corrected chi connectivity index (χ3v) is 3.77. The molecular formula is C21H17ClO2. The van der Waals surface area contributed by atoms with E-state index in [-0.39, 0.29) is 0 Å². The minimum Gasteiger partial charge on any atom is -0.497 e. The van der Waals surface area contributed by atoms with Crippen molar-refractivity contribution in [2.24, 2.45) is 0 Å². The van der Waals surface area contributed by atoms with Crippen molar-refractivity contribution in [1.82, 2.24) is 0 Å². The number of ether oxygens (including phenoxy) is 2. The standard InChI is InChI=1S/C21H17ClO2/c1-23-19-13-7-16(8-14-19)15-21(17-9-11-18(22)12-10-17)24-20-5-3-2-4-6-20/h2-15H,1H3/b21-15-. The zero-order chi connectivity index (χ0) is 16.8. The van der Waals surface area contributed by atoms with Gasteiger partial charge in [-0.15, -0.1) is 0 Å². The van der Waals surface area contributed by atoms with Crippen LogP contribution in [-0.4, -0.2) is 7.11 Å². The van der Waals surface area contributed by atoms with E-state index in [0.29, 0.717) is 5.02 Å². The largest absolute Gasteiger partial charge is 0.497 e. The first-order valence-corrected chi connectivity index (χ1v) is 7.97. The van der Waals surface area contributed by atoms with Crippen LogP contribution in [0.2, 0.25) is 5.02 Å². The van der Waals surface area contributed by atoms with E-state index in [1.807, 2.05) is 84.9 Å². The van der Waals surface area contributed by atoms with Crippen LogP contribution in [0.15, 0.2) is 78.9 Å². The molecule has 0 aromatic heterocycles. The molecule has 0 saturated carbocycles. The molecule has 3 rings (SSSR count). The summed E-state index contributed by atoms with van der Waals surface area (Å²) in [5.74, 6) is 2.36. The zero-order valence-corrected chi connectivity index (χ0v) is 14.0. The smallest absolute Gasteiger partial charge is 0.135 e. The number of hydrogen-bond donors (Lipinski definition) is 0. The molecule has 0 bridgehead atoms. The van der Waals surface area contributed by atoms with Crippen molar-refractivity contribution in [2.75, 3.05) is 7.11 Å². The van der Waals surface area contributed by atoms with Gasteiger partial charge in [0.2, 0.25) is 0 Å². The highest BCUT2D eigenvalue weighted by molar-refractivity contribution is 6.30. The molecule has 0 atom stereocenters. The predicted octanol–water partition coefficient (Wildman–Crippen LogP) is 5.93. The Morgan fingerprint density at radius 1 is 0.792 bits per heavy atom. The third kappa shape index (κ3) is 4.18. The maximum Gasteiger partial charge on any atom is 0.135 e. The fraction of sp³-hybridized carbons (Fsp3) is 0.0476. The summed E-state index contributed by atoms with van der Waals surface area (Å²) in [6, 6.07) is 25.1. The molecule has 0 radical (unpaired) electrons. The molecule has 120 valence electrons. The minimum atomic E-state index is 0.697. The SMILES string of the molecule is COc1ccc(/C=C(\Oc2ccccc2)c2ccc(Cl)cc2)cc1. The molecule has 0 heterocycles. The van der Waals surface area contributed by atoms with Crippen molar-refractivity contribution in [3.05, 3.63) is 95.0 Å². The van der Waals surface area contributed by atoms with Crippen molar-refractivity contribution in [1.29, 1.82) is 0 Å². The normalized spacial score (nSPS) is 11.2. The summed E-state index contributed by atoms with van der Waals surface area (Å²) in [4.78, 5) is 0. The molecule has 2 nitrogen and oxygen atoms in total. The van der Waals surface area contributed by atoms with Crippen LogP contribution in [0.3, 0.4) is 0 Å².